The second-order valence-corrected chi connectivity index (χ2v) is 4.79. The van der Waals surface area contributed by atoms with E-state index in [1.54, 1.807) is 0 Å². The lowest BCUT2D eigenvalue weighted by molar-refractivity contribution is 0.130. The molecule has 1 heterocycles. The Balaban J connectivity index is 2.22. The highest BCUT2D eigenvalue weighted by Crippen LogP contribution is 2.19. The van der Waals surface area contributed by atoms with Crippen molar-refractivity contribution in [1.29, 1.82) is 0 Å². The van der Waals surface area contributed by atoms with Crippen LogP contribution in [0, 0.1) is 5.92 Å². The van der Waals surface area contributed by atoms with Crippen LogP contribution in [0.1, 0.15) is 26.7 Å². The fraction of sp³-hybridized carbons (Fsp3) is 1.00. The lowest BCUT2D eigenvalue weighted by Gasteiger charge is -2.35. The SMILES string of the molecule is CC(C)N1CCC(CN(C)CN)CC1. The zero-order valence-corrected chi connectivity index (χ0v) is 9.87. The van der Waals surface area contributed by atoms with Crippen molar-refractivity contribution in [2.24, 2.45) is 11.7 Å². The van der Waals surface area contributed by atoms with Crippen molar-refractivity contribution in [3.63, 3.8) is 0 Å². The highest BCUT2D eigenvalue weighted by Gasteiger charge is 2.21. The van der Waals surface area contributed by atoms with Crippen LogP contribution in [0.15, 0.2) is 0 Å². The number of nitrogens with two attached hydrogens (primary N) is 1. The predicted molar refractivity (Wildman–Crippen MR) is 61.1 cm³/mol. The Morgan fingerprint density at radius 2 is 1.93 bits per heavy atom. The molecule has 3 heteroatoms. The molecule has 1 aliphatic heterocycles. The summed E-state index contributed by atoms with van der Waals surface area (Å²) in [5.41, 5.74) is 5.58. The summed E-state index contributed by atoms with van der Waals surface area (Å²) < 4.78 is 0. The number of nitrogens with zero attached hydrogens (tertiary/aromatic N) is 2. The van der Waals surface area contributed by atoms with E-state index in [-0.39, 0.29) is 0 Å². The molecule has 0 amide bonds. The van der Waals surface area contributed by atoms with E-state index in [0.29, 0.717) is 12.7 Å². The summed E-state index contributed by atoms with van der Waals surface area (Å²) in [6, 6.07) is 0.711. The molecule has 1 fully saturated rings. The topological polar surface area (TPSA) is 32.5 Å². The first-order valence-electron chi connectivity index (χ1n) is 5.76. The fourth-order valence-corrected chi connectivity index (χ4v) is 2.17. The monoisotopic (exact) mass is 199 g/mol. The van der Waals surface area contributed by atoms with E-state index in [1.807, 2.05) is 0 Å². The van der Waals surface area contributed by atoms with Crippen molar-refractivity contribution in [3.8, 4) is 0 Å². The molecule has 0 spiro atoms. The summed E-state index contributed by atoms with van der Waals surface area (Å²) >= 11 is 0. The Morgan fingerprint density at radius 1 is 1.36 bits per heavy atom. The van der Waals surface area contributed by atoms with Gasteiger partial charge in [0.25, 0.3) is 0 Å². The third kappa shape index (κ3) is 3.56. The first-order valence-corrected chi connectivity index (χ1v) is 5.76. The van der Waals surface area contributed by atoms with Gasteiger partial charge in [-0.15, -0.1) is 0 Å². The molecule has 2 N–H and O–H groups in total. The molecule has 0 unspecified atom stereocenters. The molecule has 1 aliphatic rings. The Bertz CT molecular complexity index is 151. The van der Waals surface area contributed by atoms with Crippen molar-refractivity contribution >= 4 is 0 Å². The van der Waals surface area contributed by atoms with Crippen LogP contribution in [-0.4, -0.2) is 49.2 Å². The molecule has 0 bridgehead atoms. The van der Waals surface area contributed by atoms with Crippen molar-refractivity contribution in [2.45, 2.75) is 32.7 Å². The summed E-state index contributed by atoms with van der Waals surface area (Å²) in [6.07, 6.45) is 2.67. The molecule has 1 rings (SSSR count). The van der Waals surface area contributed by atoms with Gasteiger partial charge in [-0.25, -0.2) is 0 Å². The molecule has 3 nitrogen and oxygen atoms in total. The number of piperidine rings is 1. The van der Waals surface area contributed by atoms with Gasteiger partial charge in [0.2, 0.25) is 0 Å². The number of hydrogen-bond donors (Lipinski definition) is 1. The van der Waals surface area contributed by atoms with Crippen LogP contribution in [0.5, 0.6) is 0 Å². The largest absolute Gasteiger partial charge is 0.318 e. The lowest BCUT2D eigenvalue weighted by atomic mass is 9.95. The van der Waals surface area contributed by atoms with E-state index in [2.05, 4.69) is 30.7 Å². The van der Waals surface area contributed by atoms with Gasteiger partial charge in [0.05, 0.1) is 0 Å². The van der Waals surface area contributed by atoms with E-state index in [4.69, 9.17) is 5.73 Å². The molecule has 1 saturated heterocycles. The second-order valence-electron chi connectivity index (χ2n) is 4.79. The summed E-state index contributed by atoms with van der Waals surface area (Å²) in [7, 11) is 2.11. The van der Waals surface area contributed by atoms with E-state index >= 15 is 0 Å². The van der Waals surface area contributed by atoms with Gasteiger partial charge in [-0.3, -0.25) is 4.90 Å². The van der Waals surface area contributed by atoms with Gasteiger partial charge in [-0.05, 0) is 52.7 Å². The van der Waals surface area contributed by atoms with Crippen molar-refractivity contribution < 1.29 is 0 Å². The zero-order valence-electron chi connectivity index (χ0n) is 9.87. The normalized spacial score (nSPS) is 21.0. The molecule has 0 aromatic rings. The van der Waals surface area contributed by atoms with Gasteiger partial charge in [0.1, 0.15) is 0 Å². The molecule has 0 aromatic heterocycles. The first-order chi connectivity index (χ1) is 6.63. The van der Waals surface area contributed by atoms with Crippen LogP contribution in [-0.2, 0) is 0 Å². The Hall–Kier alpha value is -0.120. The standard InChI is InChI=1S/C11H25N3/c1-10(2)14-6-4-11(5-7-14)8-13(3)9-12/h10-11H,4-9,12H2,1-3H3. The number of likely N-dealkylation sites (tertiary alicyclic amines) is 1. The molecular formula is C11H25N3. The molecule has 0 radical (unpaired) electrons. The van der Waals surface area contributed by atoms with Gasteiger partial charge in [0, 0.05) is 19.3 Å². The maximum Gasteiger partial charge on any atom is 0.0452 e. The molecule has 0 aromatic carbocycles. The minimum Gasteiger partial charge on any atom is -0.318 e. The molecule has 0 saturated carbocycles. The van der Waals surface area contributed by atoms with Crippen molar-refractivity contribution in [1.82, 2.24) is 9.80 Å². The van der Waals surface area contributed by atoms with E-state index in [9.17, 15) is 0 Å². The average molecular weight is 199 g/mol. The first kappa shape index (κ1) is 12.0. The second kappa shape index (κ2) is 5.69. The van der Waals surface area contributed by atoms with Gasteiger partial charge in [-0.1, -0.05) is 0 Å². The van der Waals surface area contributed by atoms with Crippen LogP contribution in [0.4, 0.5) is 0 Å². The van der Waals surface area contributed by atoms with Crippen LogP contribution in [0.25, 0.3) is 0 Å². The minimum absolute atomic E-state index is 0.685. The molecule has 84 valence electrons. The molecule has 14 heavy (non-hydrogen) atoms. The molecular weight excluding hydrogens is 174 g/mol. The zero-order chi connectivity index (χ0) is 10.6. The van der Waals surface area contributed by atoms with E-state index in [1.165, 1.54) is 32.5 Å². The lowest BCUT2D eigenvalue weighted by Crippen LogP contribution is -2.41. The third-order valence-corrected chi connectivity index (χ3v) is 3.26. The summed E-state index contributed by atoms with van der Waals surface area (Å²) in [6.45, 7) is 8.95. The van der Waals surface area contributed by atoms with E-state index in [0.717, 1.165) is 5.92 Å². The van der Waals surface area contributed by atoms with Gasteiger partial charge < -0.3 is 10.6 Å². The Kier molecular flexibility index (Phi) is 4.85. The predicted octanol–water partition coefficient (Wildman–Crippen LogP) is 0.955. The quantitative estimate of drug-likeness (QED) is 0.684. The van der Waals surface area contributed by atoms with Crippen molar-refractivity contribution in [2.75, 3.05) is 33.4 Å². The highest BCUT2D eigenvalue weighted by atomic mass is 15.2. The minimum atomic E-state index is 0.685. The van der Waals surface area contributed by atoms with Crippen molar-refractivity contribution in [3.05, 3.63) is 0 Å². The van der Waals surface area contributed by atoms with Crippen LogP contribution < -0.4 is 5.73 Å². The van der Waals surface area contributed by atoms with Crippen LogP contribution >= 0.6 is 0 Å². The maximum absolute atomic E-state index is 5.58. The fourth-order valence-electron chi connectivity index (χ4n) is 2.17. The summed E-state index contributed by atoms with van der Waals surface area (Å²) in [5.74, 6) is 0.860. The molecule has 0 aliphatic carbocycles. The number of hydrogen-bond acceptors (Lipinski definition) is 3. The van der Waals surface area contributed by atoms with E-state index < -0.39 is 0 Å². The van der Waals surface area contributed by atoms with Crippen LogP contribution in [0.2, 0.25) is 0 Å². The summed E-state index contributed by atoms with van der Waals surface area (Å²) in [4.78, 5) is 4.79. The van der Waals surface area contributed by atoms with Gasteiger partial charge >= 0.3 is 0 Å². The Labute approximate surface area is 88.2 Å². The highest BCUT2D eigenvalue weighted by molar-refractivity contribution is 4.75. The van der Waals surface area contributed by atoms with Gasteiger partial charge in [-0.2, -0.15) is 0 Å². The smallest absolute Gasteiger partial charge is 0.0452 e. The van der Waals surface area contributed by atoms with Gasteiger partial charge in [0.15, 0.2) is 0 Å². The van der Waals surface area contributed by atoms with Crippen LogP contribution in [0.3, 0.4) is 0 Å². The summed E-state index contributed by atoms with van der Waals surface area (Å²) in [5, 5.41) is 0. The molecule has 0 atom stereocenters. The third-order valence-electron chi connectivity index (χ3n) is 3.26. The average Bonchev–Trinajstić information content (AvgIpc) is 2.18. The Morgan fingerprint density at radius 3 is 2.36 bits per heavy atom. The number of rotatable bonds is 4. The maximum atomic E-state index is 5.58.